The smallest absolute Gasteiger partial charge is 0.313 e. The van der Waals surface area contributed by atoms with Gasteiger partial charge in [-0.1, -0.05) is 54.1 Å². The highest BCUT2D eigenvalue weighted by Crippen LogP contribution is 2.24. The second-order valence-electron chi connectivity index (χ2n) is 10.5. The average molecular weight is 604 g/mol. The van der Waals surface area contributed by atoms with Crippen LogP contribution in [0.1, 0.15) is 31.9 Å². The predicted octanol–water partition coefficient (Wildman–Crippen LogP) is 3.50. The second-order valence-corrected chi connectivity index (χ2v) is 11.0. The maximum absolute atomic E-state index is 13.3. The molecule has 0 unspecified atom stereocenters. The van der Waals surface area contributed by atoms with Gasteiger partial charge in [-0.25, -0.2) is 0 Å². The molecule has 0 saturated carbocycles. The normalized spacial score (nSPS) is 11.7. The molecule has 13 heteroatoms. The first-order valence-electron chi connectivity index (χ1n) is 13.3. The summed E-state index contributed by atoms with van der Waals surface area (Å²) >= 11 is 6.11. The third kappa shape index (κ3) is 9.20. The molecule has 0 bridgehead atoms. The number of anilines is 2. The zero-order chi connectivity index (χ0) is 31.0. The lowest BCUT2D eigenvalue weighted by molar-refractivity contribution is -0.153. The molecule has 0 radical (unpaired) electrons. The fraction of sp³-hybridized carbons (Fsp3) is 0.233. The Bertz CT molecular complexity index is 1590. The molecule has 0 aliphatic rings. The van der Waals surface area contributed by atoms with Crippen molar-refractivity contribution >= 4 is 46.7 Å². The Labute approximate surface area is 252 Å². The number of carbonyl (C=O) groups excluding carboxylic acids is 4. The molecule has 0 aliphatic heterocycles. The Morgan fingerprint density at radius 1 is 0.907 bits per heavy atom. The molecule has 43 heavy (non-hydrogen) atoms. The van der Waals surface area contributed by atoms with E-state index in [1.807, 2.05) is 30.3 Å². The molecule has 0 spiro atoms. The number of halogens is 1. The molecule has 3 amide bonds. The van der Waals surface area contributed by atoms with Gasteiger partial charge in [0.15, 0.2) is 0 Å². The molecule has 222 valence electrons. The van der Waals surface area contributed by atoms with Crippen LogP contribution in [-0.4, -0.2) is 55.5 Å². The van der Waals surface area contributed by atoms with E-state index in [2.05, 4.69) is 31.5 Å². The molecule has 3 N–H and O–H groups in total. The van der Waals surface area contributed by atoms with Crippen molar-refractivity contribution in [1.82, 2.24) is 25.5 Å². The van der Waals surface area contributed by atoms with E-state index in [9.17, 15) is 19.2 Å². The van der Waals surface area contributed by atoms with Crippen LogP contribution < -0.4 is 16.0 Å². The highest BCUT2D eigenvalue weighted by molar-refractivity contribution is 6.40. The van der Waals surface area contributed by atoms with Gasteiger partial charge in [-0.2, -0.15) is 4.68 Å². The maximum Gasteiger partial charge on any atom is 0.313 e. The third-order valence-corrected chi connectivity index (χ3v) is 6.14. The number of esters is 1. The van der Waals surface area contributed by atoms with Crippen molar-refractivity contribution < 1.29 is 23.9 Å². The number of nitrogens with zero attached hydrogens (tertiary/aromatic N) is 4. The first-order valence-corrected chi connectivity index (χ1v) is 13.6. The number of hydrogen-bond donors (Lipinski definition) is 3. The highest BCUT2D eigenvalue weighted by Gasteiger charge is 2.26. The number of benzene rings is 3. The third-order valence-electron chi connectivity index (χ3n) is 5.90. The molecule has 4 aromatic rings. The summed E-state index contributed by atoms with van der Waals surface area (Å²) in [6, 6.07) is 19.3. The minimum absolute atomic E-state index is 0.0784. The molecule has 4 rings (SSSR count). The molecule has 0 saturated heterocycles. The summed E-state index contributed by atoms with van der Waals surface area (Å²) in [4.78, 5) is 51.4. The zero-order valence-electron chi connectivity index (χ0n) is 23.7. The lowest BCUT2D eigenvalue weighted by Gasteiger charge is -2.20. The number of aromatic nitrogens is 4. The summed E-state index contributed by atoms with van der Waals surface area (Å²) in [5.41, 5.74) is 1.90. The van der Waals surface area contributed by atoms with Gasteiger partial charge in [-0.3, -0.25) is 19.2 Å². The van der Waals surface area contributed by atoms with E-state index < -0.39 is 29.4 Å². The molecule has 0 fully saturated rings. The minimum Gasteiger partial charge on any atom is -0.460 e. The summed E-state index contributed by atoms with van der Waals surface area (Å²) in [5, 5.41) is 19.1. The number of nitrogens with one attached hydrogen (secondary N) is 3. The van der Waals surface area contributed by atoms with Crippen molar-refractivity contribution in [3.05, 3.63) is 95.3 Å². The van der Waals surface area contributed by atoms with Crippen LogP contribution in [-0.2, 0) is 36.8 Å². The van der Waals surface area contributed by atoms with E-state index in [1.165, 1.54) is 17.1 Å². The number of rotatable bonds is 9. The van der Waals surface area contributed by atoms with Gasteiger partial charge in [0.25, 0.3) is 0 Å². The highest BCUT2D eigenvalue weighted by atomic mass is 35.5. The lowest BCUT2D eigenvalue weighted by atomic mass is 10.0. The van der Waals surface area contributed by atoms with E-state index >= 15 is 0 Å². The Hall–Kier alpha value is -5.10. The van der Waals surface area contributed by atoms with Crippen LogP contribution in [0, 0.1) is 0 Å². The van der Waals surface area contributed by atoms with Gasteiger partial charge in [-0.05, 0) is 72.7 Å². The van der Waals surface area contributed by atoms with E-state index in [0.717, 1.165) is 5.56 Å². The minimum atomic E-state index is -1.10. The summed E-state index contributed by atoms with van der Waals surface area (Å²) < 4.78 is 6.65. The van der Waals surface area contributed by atoms with Gasteiger partial charge in [0.1, 0.15) is 18.0 Å². The molecule has 1 atom stereocenters. The van der Waals surface area contributed by atoms with Crippen LogP contribution in [0.25, 0.3) is 5.69 Å². The van der Waals surface area contributed by atoms with Crippen molar-refractivity contribution in [2.24, 2.45) is 0 Å². The Kier molecular flexibility index (Phi) is 9.83. The van der Waals surface area contributed by atoms with E-state index in [-0.39, 0.29) is 24.5 Å². The number of amides is 3. The number of hydrogen-bond acceptors (Lipinski definition) is 8. The van der Waals surface area contributed by atoms with Gasteiger partial charge in [0, 0.05) is 17.1 Å². The van der Waals surface area contributed by atoms with Crippen LogP contribution in [0.15, 0.2) is 79.1 Å². The van der Waals surface area contributed by atoms with Crippen molar-refractivity contribution in [3.63, 3.8) is 0 Å². The number of ether oxygens (including phenoxy) is 1. The van der Waals surface area contributed by atoms with Crippen LogP contribution in [0.3, 0.4) is 0 Å². The SMILES string of the molecule is CC(C)(C)OC(=O)Cc1ccc(NC(=O)[C@H](Cc2ccccc2)NC(=O)C(=O)Nc2cc(Cl)ccc2-n2cnnn2)cc1. The summed E-state index contributed by atoms with van der Waals surface area (Å²) in [7, 11) is 0. The molecule has 3 aromatic carbocycles. The van der Waals surface area contributed by atoms with Gasteiger partial charge in [-0.15, -0.1) is 5.10 Å². The van der Waals surface area contributed by atoms with Gasteiger partial charge in [0.2, 0.25) is 5.91 Å². The standard InChI is InChI=1S/C30H30ClN7O5/c1-30(2,3)43-26(39)16-20-9-12-22(13-10-20)33-27(40)24(15-19-7-5-4-6-8-19)35-29(42)28(41)34-23-17-21(31)11-14-25(23)38-18-32-36-37-38/h4-14,17-18,24H,15-16H2,1-3H3,(H,33,40)(H,34,41)(H,35,42)/t24-/m0/s1. The Balaban J connectivity index is 1.45. The van der Waals surface area contributed by atoms with Gasteiger partial charge in [0.05, 0.1) is 17.8 Å². The van der Waals surface area contributed by atoms with Gasteiger partial charge >= 0.3 is 17.8 Å². The summed E-state index contributed by atoms with van der Waals surface area (Å²) in [5.74, 6) is -2.96. The first kappa shape index (κ1) is 30.8. The van der Waals surface area contributed by atoms with Crippen molar-refractivity contribution in [2.75, 3.05) is 10.6 Å². The van der Waals surface area contributed by atoms with Crippen molar-refractivity contribution in [3.8, 4) is 5.69 Å². The zero-order valence-corrected chi connectivity index (χ0v) is 24.5. The quantitative estimate of drug-likeness (QED) is 0.194. The Morgan fingerprint density at radius 2 is 1.63 bits per heavy atom. The lowest BCUT2D eigenvalue weighted by Crippen LogP contribution is -2.49. The maximum atomic E-state index is 13.3. The van der Waals surface area contributed by atoms with E-state index in [0.29, 0.717) is 22.0 Å². The number of tetrazole rings is 1. The fourth-order valence-corrected chi connectivity index (χ4v) is 4.19. The van der Waals surface area contributed by atoms with Crippen LogP contribution in [0.4, 0.5) is 11.4 Å². The van der Waals surface area contributed by atoms with E-state index in [4.69, 9.17) is 16.3 Å². The van der Waals surface area contributed by atoms with Crippen molar-refractivity contribution in [2.45, 2.75) is 45.3 Å². The Morgan fingerprint density at radius 3 is 2.28 bits per heavy atom. The fourth-order valence-electron chi connectivity index (χ4n) is 4.02. The molecular formula is C30H30ClN7O5. The molecular weight excluding hydrogens is 574 g/mol. The van der Waals surface area contributed by atoms with Gasteiger partial charge < -0.3 is 20.7 Å². The van der Waals surface area contributed by atoms with Crippen molar-refractivity contribution in [1.29, 1.82) is 0 Å². The second kappa shape index (κ2) is 13.7. The first-order chi connectivity index (χ1) is 20.5. The summed E-state index contributed by atoms with van der Waals surface area (Å²) in [6.45, 7) is 5.38. The molecule has 0 aliphatic carbocycles. The topological polar surface area (TPSA) is 157 Å². The largest absolute Gasteiger partial charge is 0.460 e. The number of carbonyl (C=O) groups is 4. The van der Waals surface area contributed by atoms with E-state index in [1.54, 1.807) is 57.2 Å². The summed E-state index contributed by atoms with van der Waals surface area (Å²) in [6.07, 6.45) is 1.52. The van der Waals surface area contributed by atoms with Crippen LogP contribution in [0.2, 0.25) is 5.02 Å². The predicted molar refractivity (Wildman–Crippen MR) is 159 cm³/mol. The molecule has 12 nitrogen and oxygen atoms in total. The van der Waals surface area contributed by atoms with Crippen LogP contribution >= 0.6 is 11.6 Å². The molecule has 1 aromatic heterocycles. The average Bonchev–Trinajstić information content (AvgIpc) is 3.48. The van der Waals surface area contributed by atoms with Crippen LogP contribution in [0.5, 0.6) is 0 Å². The monoisotopic (exact) mass is 603 g/mol. The molecule has 1 heterocycles.